The van der Waals surface area contributed by atoms with Crippen LogP contribution in [0.15, 0.2) is 206 Å². The van der Waals surface area contributed by atoms with E-state index < -0.39 is 16.1 Å². The fourth-order valence-corrected chi connectivity index (χ4v) is 20.0. The third kappa shape index (κ3) is 5.88. The molecule has 14 rings (SSSR count). The van der Waals surface area contributed by atoms with Crippen molar-refractivity contribution in [3.05, 3.63) is 229 Å². The summed E-state index contributed by atoms with van der Waals surface area (Å²) in [6.07, 6.45) is 0. The highest BCUT2D eigenvalue weighted by Crippen LogP contribution is 2.53. The van der Waals surface area contributed by atoms with Crippen LogP contribution in [0.3, 0.4) is 0 Å². The molecule has 4 aliphatic rings. The monoisotopic (exact) mass is 958 g/mol. The van der Waals surface area contributed by atoms with Gasteiger partial charge in [0.1, 0.15) is 16.1 Å². The van der Waals surface area contributed by atoms with Gasteiger partial charge in [-0.05, 0) is 171 Å². The normalized spacial score (nSPS) is 15.9. The maximum atomic E-state index is 2.65. The lowest BCUT2D eigenvalue weighted by Crippen LogP contribution is -2.56. The number of fused-ring (bicyclic) bond motifs is 12. The Labute approximate surface area is 426 Å². The van der Waals surface area contributed by atoms with Gasteiger partial charge in [-0.2, -0.15) is 0 Å². The predicted molar refractivity (Wildman–Crippen MR) is 313 cm³/mol. The number of anilines is 6. The Morgan fingerprint density at radius 2 is 0.708 bits per heavy atom. The molecule has 2 heterocycles. The summed E-state index contributed by atoms with van der Waals surface area (Å²) in [6, 6.07) is 79.0. The van der Waals surface area contributed by atoms with Gasteiger partial charge in [0.25, 0.3) is 0 Å². The van der Waals surface area contributed by atoms with E-state index in [1.807, 2.05) is 0 Å². The summed E-state index contributed by atoms with van der Waals surface area (Å²) in [5.74, 6) is 0. The molecular formula is C68H58N2Si2. The van der Waals surface area contributed by atoms with Gasteiger partial charge in [0.05, 0.1) is 0 Å². The fraction of sp³-hybridized carbons (Fsp3) is 0.147. The van der Waals surface area contributed by atoms with Crippen molar-refractivity contribution in [3.63, 3.8) is 0 Å². The highest BCUT2D eigenvalue weighted by molar-refractivity contribution is 7.05. The summed E-state index contributed by atoms with van der Waals surface area (Å²) in [7, 11) is -4.49. The van der Waals surface area contributed by atoms with Crippen molar-refractivity contribution < 1.29 is 0 Å². The van der Waals surface area contributed by atoms with Crippen LogP contribution in [0.4, 0.5) is 34.1 Å². The van der Waals surface area contributed by atoms with Gasteiger partial charge >= 0.3 is 0 Å². The molecule has 0 spiro atoms. The lowest BCUT2D eigenvalue weighted by Gasteiger charge is -2.36. The molecule has 0 fully saturated rings. The SMILES string of the molecule is CC1(C)c2ccccc2-c2ccc(N(c3ccccc3)c3ccc4c(c3)[Si](C)(C)c3cc5c6c(cccc6c3-4)[Si](C)(C)c3cc(N(c4ccccc4)c4ccc6c(c4)C(C)(C)c4ccccc4-6)ccc3-5)cc21. The fourth-order valence-electron chi connectivity index (χ4n) is 13.8. The van der Waals surface area contributed by atoms with Crippen molar-refractivity contribution in [2.75, 3.05) is 9.80 Å². The standard InChI is InChI=1S/C68H58N2Si2/c1-67(2)57-27-17-15-24-49(57)51-34-30-45(38-59(51)67)69(43-20-11-9-12-21-43)47-32-36-53-56-42-64-65(55-26-19-29-61(66(55)56)71(5,6)62(53)40-47)54-37-33-48(41-63(54)72(64,7)8)70(44-22-13-10-14-23-44)46-31-35-52-50-25-16-18-28-58(50)68(3,4)60(52)39-46/h9-42H,1-8H3. The Kier molecular flexibility index (Phi) is 9.03. The van der Waals surface area contributed by atoms with E-state index in [1.165, 1.54) is 127 Å². The Morgan fingerprint density at radius 3 is 1.24 bits per heavy atom. The highest BCUT2D eigenvalue weighted by Gasteiger charge is 2.44. The predicted octanol–water partition coefficient (Wildman–Crippen LogP) is 16.0. The summed E-state index contributed by atoms with van der Waals surface area (Å²) in [6.45, 7) is 19.9. The van der Waals surface area contributed by atoms with Gasteiger partial charge in [0.15, 0.2) is 0 Å². The summed E-state index contributed by atoms with van der Waals surface area (Å²) >= 11 is 0. The molecular weight excluding hydrogens is 901 g/mol. The van der Waals surface area contributed by atoms with Gasteiger partial charge in [-0.3, -0.25) is 0 Å². The smallest absolute Gasteiger partial charge is 0.113 e. The maximum Gasteiger partial charge on any atom is 0.113 e. The first-order valence-corrected chi connectivity index (χ1v) is 31.8. The summed E-state index contributed by atoms with van der Waals surface area (Å²) in [4.78, 5) is 4.99. The van der Waals surface area contributed by atoms with Crippen molar-refractivity contribution in [2.45, 2.75) is 64.7 Å². The number of benzene rings is 10. The van der Waals surface area contributed by atoms with E-state index in [0.29, 0.717) is 0 Å². The molecule has 0 radical (unpaired) electrons. The largest absolute Gasteiger partial charge is 0.310 e. The minimum Gasteiger partial charge on any atom is -0.310 e. The van der Waals surface area contributed by atoms with E-state index >= 15 is 0 Å². The van der Waals surface area contributed by atoms with Gasteiger partial charge in [0, 0.05) is 45.0 Å². The Hall–Kier alpha value is -7.51. The first-order chi connectivity index (χ1) is 34.7. The molecule has 4 heteroatoms. The summed E-state index contributed by atoms with van der Waals surface area (Å²) in [5, 5.41) is 8.97. The molecule has 0 unspecified atom stereocenters. The molecule has 10 aromatic rings. The third-order valence-corrected chi connectivity index (χ3v) is 24.6. The lowest BCUT2D eigenvalue weighted by molar-refractivity contribution is 0.660. The van der Waals surface area contributed by atoms with E-state index in [0.717, 1.165) is 0 Å². The minimum absolute atomic E-state index is 0.0911. The quantitative estimate of drug-likeness (QED) is 0.153. The van der Waals surface area contributed by atoms with Gasteiger partial charge in [-0.1, -0.05) is 187 Å². The third-order valence-electron chi connectivity index (χ3n) is 17.6. The number of hydrogen-bond donors (Lipinski definition) is 0. The molecule has 0 atom stereocenters. The molecule has 2 aliphatic carbocycles. The van der Waals surface area contributed by atoms with Crippen LogP contribution in [0, 0.1) is 0 Å². The number of hydrogen-bond acceptors (Lipinski definition) is 2. The molecule has 0 aromatic heterocycles. The van der Waals surface area contributed by atoms with E-state index in [-0.39, 0.29) is 10.8 Å². The molecule has 0 saturated carbocycles. The van der Waals surface area contributed by atoms with Crippen molar-refractivity contribution in [1.29, 1.82) is 0 Å². The van der Waals surface area contributed by atoms with Gasteiger partial charge in [0.2, 0.25) is 0 Å². The van der Waals surface area contributed by atoms with E-state index in [2.05, 4.69) is 270 Å². The van der Waals surface area contributed by atoms with E-state index in [9.17, 15) is 0 Å². The Balaban J connectivity index is 0.902. The molecule has 0 N–H and O–H groups in total. The zero-order chi connectivity index (χ0) is 49.1. The first kappa shape index (κ1) is 43.3. The van der Waals surface area contributed by atoms with Crippen LogP contribution < -0.4 is 30.5 Å². The molecule has 0 bridgehead atoms. The van der Waals surface area contributed by atoms with Crippen LogP contribution in [0.25, 0.3) is 55.3 Å². The Morgan fingerprint density at radius 1 is 0.292 bits per heavy atom. The zero-order valence-electron chi connectivity index (χ0n) is 42.5. The number of para-hydroxylation sites is 2. The van der Waals surface area contributed by atoms with Crippen LogP contribution in [-0.2, 0) is 10.8 Å². The van der Waals surface area contributed by atoms with Crippen molar-refractivity contribution >= 4 is 81.8 Å². The molecule has 2 nitrogen and oxygen atoms in total. The van der Waals surface area contributed by atoms with Crippen molar-refractivity contribution in [2.24, 2.45) is 0 Å². The van der Waals surface area contributed by atoms with Crippen LogP contribution in [0.5, 0.6) is 0 Å². The minimum atomic E-state index is -2.24. The van der Waals surface area contributed by atoms with Crippen LogP contribution in [0.2, 0.25) is 26.2 Å². The number of rotatable bonds is 6. The second kappa shape index (κ2) is 15.0. The molecule has 2 aliphatic heterocycles. The highest BCUT2D eigenvalue weighted by atomic mass is 28.3. The summed E-state index contributed by atoms with van der Waals surface area (Å²) in [5.41, 5.74) is 23.6. The molecule has 72 heavy (non-hydrogen) atoms. The molecule has 0 saturated heterocycles. The maximum absolute atomic E-state index is 2.65. The second-order valence-electron chi connectivity index (χ2n) is 22.9. The molecule has 0 amide bonds. The molecule has 10 aromatic carbocycles. The van der Waals surface area contributed by atoms with E-state index in [4.69, 9.17) is 0 Å². The van der Waals surface area contributed by atoms with Crippen molar-refractivity contribution in [1.82, 2.24) is 0 Å². The van der Waals surface area contributed by atoms with Crippen LogP contribution >= 0.6 is 0 Å². The lowest BCUT2D eigenvalue weighted by atomic mass is 9.82. The van der Waals surface area contributed by atoms with Crippen LogP contribution in [-0.4, -0.2) is 16.1 Å². The molecule has 348 valence electrons. The first-order valence-electron chi connectivity index (χ1n) is 25.8. The van der Waals surface area contributed by atoms with Crippen molar-refractivity contribution in [3.8, 4) is 44.5 Å². The average Bonchev–Trinajstić information content (AvgIpc) is 3.88. The van der Waals surface area contributed by atoms with E-state index in [1.54, 1.807) is 5.19 Å². The zero-order valence-corrected chi connectivity index (χ0v) is 44.5. The summed E-state index contributed by atoms with van der Waals surface area (Å²) < 4.78 is 0. The number of nitrogens with zero attached hydrogens (tertiary/aromatic N) is 2. The average molecular weight is 959 g/mol. The Bertz CT molecular complexity index is 3940. The van der Waals surface area contributed by atoms with Gasteiger partial charge < -0.3 is 9.80 Å². The van der Waals surface area contributed by atoms with Crippen LogP contribution in [0.1, 0.15) is 49.9 Å². The second-order valence-corrected chi connectivity index (χ2v) is 31.6. The van der Waals surface area contributed by atoms with Gasteiger partial charge in [-0.25, -0.2) is 0 Å². The topological polar surface area (TPSA) is 6.48 Å². The van der Waals surface area contributed by atoms with Gasteiger partial charge in [-0.15, -0.1) is 0 Å².